The largest absolute Gasteiger partial charge is 0.486 e. The topological polar surface area (TPSA) is 71.1 Å². The van der Waals surface area contributed by atoms with Crippen LogP contribution in [0.3, 0.4) is 0 Å². The number of fused-ring (bicyclic) bond motifs is 1. The van der Waals surface area contributed by atoms with Gasteiger partial charge in [-0.2, -0.15) is 0 Å². The van der Waals surface area contributed by atoms with E-state index in [0.29, 0.717) is 43.6 Å². The minimum absolute atomic E-state index is 0.0130. The lowest BCUT2D eigenvalue weighted by Gasteiger charge is -2.31. The van der Waals surface area contributed by atoms with Crippen molar-refractivity contribution in [3.8, 4) is 11.5 Å². The van der Waals surface area contributed by atoms with Gasteiger partial charge in [0.05, 0.1) is 6.04 Å². The van der Waals surface area contributed by atoms with Gasteiger partial charge in [0.1, 0.15) is 13.2 Å². The summed E-state index contributed by atoms with van der Waals surface area (Å²) in [5, 5.41) is 3.03. The number of hydrogen-bond donors (Lipinski definition) is 1. The number of hydrogen-bond acceptors (Lipinski definition) is 4. The third kappa shape index (κ3) is 3.43. The van der Waals surface area contributed by atoms with Crippen LogP contribution in [0.2, 0.25) is 0 Å². The number of amides is 3. The third-order valence-corrected chi connectivity index (χ3v) is 5.23. The summed E-state index contributed by atoms with van der Waals surface area (Å²) >= 11 is 0. The third-order valence-electron chi connectivity index (χ3n) is 5.23. The van der Waals surface area contributed by atoms with Crippen molar-refractivity contribution in [3.63, 3.8) is 0 Å². The van der Waals surface area contributed by atoms with Crippen molar-refractivity contribution < 1.29 is 19.1 Å². The van der Waals surface area contributed by atoms with Crippen LogP contribution in [0.4, 0.5) is 10.5 Å². The molecule has 7 nitrogen and oxygen atoms in total. The van der Waals surface area contributed by atoms with Crippen LogP contribution in [0.5, 0.6) is 11.5 Å². The molecule has 0 saturated carbocycles. The van der Waals surface area contributed by atoms with Gasteiger partial charge in [0, 0.05) is 37.8 Å². The maximum atomic E-state index is 12.5. The first kappa shape index (κ1) is 17.0. The van der Waals surface area contributed by atoms with E-state index in [2.05, 4.69) is 12.2 Å². The Kier molecular flexibility index (Phi) is 4.61. The quantitative estimate of drug-likeness (QED) is 0.877. The fourth-order valence-corrected chi connectivity index (χ4v) is 3.89. The number of urea groups is 1. The molecule has 3 aliphatic rings. The van der Waals surface area contributed by atoms with Crippen molar-refractivity contribution >= 4 is 17.6 Å². The highest BCUT2D eigenvalue weighted by atomic mass is 16.6. The molecule has 0 spiro atoms. The molecule has 7 heteroatoms. The van der Waals surface area contributed by atoms with Crippen LogP contribution in [0.25, 0.3) is 0 Å². The van der Waals surface area contributed by atoms with Gasteiger partial charge in [0.2, 0.25) is 5.91 Å². The zero-order valence-electron chi connectivity index (χ0n) is 15.1. The van der Waals surface area contributed by atoms with Crippen LogP contribution in [0.15, 0.2) is 18.2 Å². The molecular formula is C19H25N3O4. The van der Waals surface area contributed by atoms with Gasteiger partial charge in [-0.25, -0.2) is 4.79 Å². The van der Waals surface area contributed by atoms with E-state index in [4.69, 9.17) is 9.47 Å². The fraction of sp³-hybridized carbons (Fsp3) is 0.579. The maximum absolute atomic E-state index is 12.5. The van der Waals surface area contributed by atoms with Crippen molar-refractivity contribution in [1.82, 2.24) is 10.2 Å². The summed E-state index contributed by atoms with van der Waals surface area (Å²) in [4.78, 5) is 28.5. The van der Waals surface area contributed by atoms with Crippen molar-refractivity contribution in [2.75, 3.05) is 37.7 Å². The molecule has 0 aromatic heterocycles. The van der Waals surface area contributed by atoms with E-state index in [9.17, 15) is 9.59 Å². The van der Waals surface area contributed by atoms with Crippen LogP contribution in [0, 0.1) is 5.92 Å². The van der Waals surface area contributed by atoms with E-state index in [0.717, 1.165) is 25.2 Å². The number of nitrogens with one attached hydrogen (secondary N) is 1. The molecule has 2 fully saturated rings. The SMILES string of the molecule is C[C@H]1CCCN(C(=O)N[C@@H]2CC(=O)N(c3ccc4c(c3)OCCO4)C2)C1. The number of carbonyl (C=O) groups is 2. The Morgan fingerprint density at radius 2 is 2.00 bits per heavy atom. The molecule has 0 bridgehead atoms. The minimum atomic E-state index is -0.166. The normalized spacial score (nSPS) is 25.3. The number of benzene rings is 1. The van der Waals surface area contributed by atoms with Gasteiger partial charge in [0.15, 0.2) is 11.5 Å². The van der Waals surface area contributed by atoms with Gasteiger partial charge < -0.3 is 24.6 Å². The summed E-state index contributed by atoms with van der Waals surface area (Å²) in [6, 6.07) is 5.31. The van der Waals surface area contributed by atoms with Crippen molar-refractivity contribution in [2.24, 2.45) is 5.92 Å². The molecule has 2 saturated heterocycles. The van der Waals surface area contributed by atoms with Gasteiger partial charge in [0.25, 0.3) is 0 Å². The van der Waals surface area contributed by atoms with Gasteiger partial charge in [-0.1, -0.05) is 6.92 Å². The summed E-state index contributed by atoms with van der Waals surface area (Å²) in [5.41, 5.74) is 0.780. The molecule has 3 amide bonds. The van der Waals surface area contributed by atoms with Crippen LogP contribution in [0.1, 0.15) is 26.2 Å². The Balaban J connectivity index is 1.40. The molecule has 0 radical (unpaired) electrons. The molecule has 3 aliphatic heterocycles. The first-order valence-corrected chi connectivity index (χ1v) is 9.35. The second kappa shape index (κ2) is 7.05. The van der Waals surface area contributed by atoms with E-state index in [-0.39, 0.29) is 18.0 Å². The lowest BCUT2D eigenvalue weighted by molar-refractivity contribution is -0.117. The molecule has 26 heavy (non-hydrogen) atoms. The standard InChI is InChI=1S/C19H25N3O4/c1-13-3-2-6-21(11-13)19(24)20-14-9-18(23)22(12-14)15-4-5-16-17(10-15)26-8-7-25-16/h4-5,10,13-14H,2-3,6-9,11-12H2,1H3,(H,20,24)/t13-,14+/m0/s1. The van der Waals surface area contributed by atoms with Crippen molar-refractivity contribution in [2.45, 2.75) is 32.2 Å². The smallest absolute Gasteiger partial charge is 0.317 e. The predicted octanol–water partition coefficient (Wildman–Crippen LogP) is 2.00. The number of nitrogens with zero attached hydrogens (tertiary/aromatic N) is 2. The molecule has 1 aromatic carbocycles. The molecule has 1 aromatic rings. The number of rotatable bonds is 2. The zero-order valence-corrected chi connectivity index (χ0v) is 15.1. The molecule has 2 atom stereocenters. The number of carbonyl (C=O) groups excluding carboxylic acids is 2. The minimum Gasteiger partial charge on any atom is -0.486 e. The van der Waals surface area contributed by atoms with Crippen LogP contribution in [-0.4, -0.2) is 55.7 Å². The zero-order chi connectivity index (χ0) is 18.1. The maximum Gasteiger partial charge on any atom is 0.317 e. The average Bonchev–Trinajstić information content (AvgIpc) is 3.01. The van der Waals surface area contributed by atoms with Gasteiger partial charge >= 0.3 is 6.03 Å². The van der Waals surface area contributed by atoms with Crippen molar-refractivity contribution in [3.05, 3.63) is 18.2 Å². The van der Waals surface area contributed by atoms with Crippen LogP contribution in [-0.2, 0) is 4.79 Å². The Labute approximate surface area is 153 Å². The highest BCUT2D eigenvalue weighted by Crippen LogP contribution is 2.35. The Morgan fingerprint density at radius 3 is 2.81 bits per heavy atom. The number of piperidine rings is 1. The summed E-state index contributed by atoms with van der Waals surface area (Å²) in [6.45, 7) is 5.28. The molecule has 3 heterocycles. The number of ether oxygens (including phenoxy) is 2. The molecule has 140 valence electrons. The van der Waals surface area contributed by atoms with Gasteiger partial charge in [-0.05, 0) is 30.9 Å². The number of likely N-dealkylation sites (tertiary alicyclic amines) is 1. The summed E-state index contributed by atoms with van der Waals surface area (Å²) in [5.74, 6) is 1.92. The van der Waals surface area contributed by atoms with E-state index in [1.807, 2.05) is 23.1 Å². The summed E-state index contributed by atoms with van der Waals surface area (Å²) in [6.07, 6.45) is 2.54. The second-order valence-electron chi connectivity index (χ2n) is 7.38. The lowest BCUT2D eigenvalue weighted by atomic mass is 10.0. The van der Waals surface area contributed by atoms with E-state index in [1.165, 1.54) is 6.42 Å². The summed E-state index contributed by atoms with van der Waals surface area (Å²) < 4.78 is 11.1. The molecule has 0 aliphatic carbocycles. The van der Waals surface area contributed by atoms with Crippen LogP contribution < -0.4 is 19.7 Å². The monoisotopic (exact) mass is 359 g/mol. The fourth-order valence-electron chi connectivity index (χ4n) is 3.89. The molecule has 4 rings (SSSR count). The Hall–Kier alpha value is -2.44. The van der Waals surface area contributed by atoms with Crippen molar-refractivity contribution in [1.29, 1.82) is 0 Å². The highest BCUT2D eigenvalue weighted by molar-refractivity contribution is 5.97. The van der Waals surface area contributed by atoms with E-state index >= 15 is 0 Å². The molecule has 0 unspecified atom stereocenters. The molecular weight excluding hydrogens is 334 g/mol. The van der Waals surface area contributed by atoms with E-state index < -0.39 is 0 Å². The Morgan fingerprint density at radius 1 is 1.19 bits per heavy atom. The summed E-state index contributed by atoms with van der Waals surface area (Å²) in [7, 11) is 0. The molecule has 1 N–H and O–H groups in total. The first-order chi connectivity index (χ1) is 12.6. The van der Waals surface area contributed by atoms with Gasteiger partial charge in [-0.3, -0.25) is 4.79 Å². The predicted molar refractivity (Wildman–Crippen MR) is 96.7 cm³/mol. The highest BCUT2D eigenvalue weighted by Gasteiger charge is 2.33. The van der Waals surface area contributed by atoms with Crippen LogP contribution >= 0.6 is 0 Å². The Bertz CT molecular complexity index is 708. The second-order valence-corrected chi connectivity index (χ2v) is 7.38. The van der Waals surface area contributed by atoms with Gasteiger partial charge in [-0.15, -0.1) is 0 Å². The first-order valence-electron chi connectivity index (χ1n) is 9.35. The average molecular weight is 359 g/mol. The number of anilines is 1. The van der Waals surface area contributed by atoms with E-state index in [1.54, 1.807) is 4.90 Å². The lowest BCUT2D eigenvalue weighted by Crippen LogP contribution is -2.49.